The molecule has 2 N–H and O–H groups in total. The van der Waals surface area contributed by atoms with E-state index in [0.29, 0.717) is 6.54 Å². The van der Waals surface area contributed by atoms with Crippen LogP contribution in [0, 0.1) is 19.7 Å². The summed E-state index contributed by atoms with van der Waals surface area (Å²) in [6, 6.07) is 4.72. The van der Waals surface area contributed by atoms with Crippen LogP contribution in [0.4, 0.5) is 4.39 Å². The minimum Gasteiger partial charge on any atom is -0.326 e. The number of halogens is 1. The fraction of sp³-hybridized carbons (Fsp3) is 0.308. The molecular formula is C13H16FN3. The van der Waals surface area contributed by atoms with Gasteiger partial charge in [-0.25, -0.2) is 4.39 Å². The Morgan fingerprint density at radius 1 is 1.35 bits per heavy atom. The van der Waals surface area contributed by atoms with Crippen LogP contribution in [0.3, 0.4) is 0 Å². The van der Waals surface area contributed by atoms with Gasteiger partial charge in [0.15, 0.2) is 0 Å². The number of hydrogen-bond acceptors (Lipinski definition) is 2. The van der Waals surface area contributed by atoms with Gasteiger partial charge in [-0.3, -0.25) is 4.68 Å². The molecule has 0 radical (unpaired) electrons. The van der Waals surface area contributed by atoms with Crippen molar-refractivity contribution in [1.82, 2.24) is 9.78 Å². The van der Waals surface area contributed by atoms with E-state index in [1.54, 1.807) is 6.07 Å². The first-order chi connectivity index (χ1) is 8.04. The molecule has 0 unspecified atom stereocenters. The van der Waals surface area contributed by atoms with E-state index in [1.165, 1.54) is 12.1 Å². The first-order valence-corrected chi connectivity index (χ1v) is 5.53. The minimum atomic E-state index is -0.256. The predicted octanol–water partition coefficient (Wildman–Crippen LogP) is 2.30. The lowest BCUT2D eigenvalue weighted by molar-refractivity contribution is 0.625. The van der Waals surface area contributed by atoms with Crippen LogP contribution in [-0.2, 0) is 13.6 Å². The summed E-state index contributed by atoms with van der Waals surface area (Å²) < 4.78 is 15.0. The molecule has 90 valence electrons. The molecule has 0 atom stereocenters. The van der Waals surface area contributed by atoms with Crippen molar-refractivity contribution in [3.05, 3.63) is 41.0 Å². The third kappa shape index (κ3) is 1.96. The lowest BCUT2D eigenvalue weighted by Crippen LogP contribution is -2.01. The van der Waals surface area contributed by atoms with Crippen LogP contribution in [-0.4, -0.2) is 9.78 Å². The molecule has 0 spiro atoms. The Labute approximate surface area is 100 Å². The van der Waals surface area contributed by atoms with Crippen LogP contribution in [0.5, 0.6) is 0 Å². The molecule has 0 bridgehead atoms. The summed E-state index contributed by atoms with van der Waals surface area (Å²) >= 11 is 0. The van der Waals surface area contributed by atoms with Crippen molar-refractivity contribution in [3.63, 3.8) is 0 Å². The van der Waals surface area contributed by atoms with Crippen LogP contribution >= 0.6 is 0 Å². The second-order valence-electron chi connectivity index (χ2n) is 4.18. The van der Waals surface area contributed by atoms with Gasteiger partial charge in [-0.05, 0) is 37.1 Å². The summed E-state index contributed by atoms with van der Waals surface area (Å²) in [5, 5.41) is 4.37. The average Bonchev–Trinajstić information content (AvgIpc) is 2.54. The maximum atomic E-state index is 13.2. The minimum absolute atomic E-state index is 0.256. The summed E-state index contributed by atoms with van der Waals surface area (Å²) in [5.41, 5.74) is 10.5. The van der Waals surface area contributed by atoms with Crippen LogP contribution < -0.4 is 5.73 Å². The highest BCUT2D eigenvalue weighted by Gasteiger charge is 2.14. The average molecular weight is 233 g/mol. The van der Waals surface area contributed by atoms with E-state index < -0.39 is 0 Å². The van der Waals surface area contributed by atoms with Gasteiger partial charge in [-0.1, -0.05) is 6.07 Å². The Balaban J connectivity index is 2.68. The van der Waals surface area contributed by atoms with E-state index in [-0.39, 0.29) is 5.82 Å². The Morgan fingerprint density at radius 3 is 2.59 bits per heavy atom. The second kappa shape index (κ2) is 4.30. The second-order valence-corrected chi connectivity index (χ2v) is 4.18. The molecule has 0 aliphatic rings. The number of benzene rings is 1. The maximum absolute atomic E-state index is 13.2. The molecular weight excluding hydrogens is 217 g/mol. The molecule has 2 aromatic rings. The van der Waals surface area contributed by atoms with Crippen molar-refractivity contribution in [3.8, 4) is 11.1 Å². The first-order valence-electron chi connectivity index (χ1n) is 5.53. The molecule has 0 saturated heterocycles. The largest absolute Gasteiger partial charge is 0.326 e. The maximum Gasteiger partial charge on any atom is 0.123 e. The van der Waals surface area contributed by atoms with Gasteiger partial charge in [0.05, 0.1) is 5.69 Å². The van der Waals surface area contributed by atoms with Crippen LogP contribution in [0.15, 0.2) is 18.2 Å². The monoisotopic (exact) mass is 233 g/mol. The molecule has 2 rings (SSSR count). The zero-order valence-corrected chi connectivity index (χ0v) is 10.3. The van der Waals surface area contributed by atoms with Crippen LogP contribution in [0.2, 0.25) is 0 Å². The van der Waals surface area contributed by atoms with Gasteiger partial charge in [-0.2, -0.15) is 5.10 Å². The van der Waals surface area contributed by atoms with Crippen LogP contribution in [0.25, 0.3) is 11.1 Å². The Hall–Kier alpha value is -1.68. The van der Waals surface area contributed by atoms with E-state index in [0.717, 1.165) is 28.1 Å². The number of nitrogens with two attached hydrogens (primary N) is 1. The third-order valence-electron chi connectivity index (χ3n) is 3.07. The Morgan fingerprint density at radius 2 is 2.06 bits per heavy atom. The van der Waals surface area contributed by atoms with Crippen molar-refractivity contribution in [2.45, 2.75) is 20.4 Å². The first kappa shape index (κ1) is 11.8. The SMILES string of the molecule is Cc1nn(C)c(C)c1-c1ccc(F)cc1CN. The van der Waals surface area contributed by atoms with Gasteiger partial charge in [-0.15, -0.1) is 0 Å². The Kier molecular flexibility index (Phi) is 2.98. The summed E-state index contributed by atoms with van der Waals surface area (Å²) in [6.07, 6.45) is 0. The number of rotatable bonds is 2. The molecule has 0 aliphatic heterocycles. The van der Waals surface area contributed by atoms with Crippen molar-refractivity contribution < 1.29 is 4.39 Å². The fourth-order valence-electron chi connectivity index (χ4n) is 2.14. The van der Waals surface area contributed by atoms with Gasteiger partial charge in [0, 0.05) is 24.8 Å². The van der Waals surface area contributed by atoms with E-state index in [4.69, 9.17) is 5.73 Å². The van der Waals surface area contributed by atoms with E-state index in [9.17, 15) is 4.39 Å². The van der Waals surface area contributed by atoms with Gasteiger partial charge in [0.2, 0.25) is 0 Å². The summed E-state index contributed by atoms with van der Waals surface area (Å²) in [7, 11) is 1.90. The number of aromatic nitrogens is 2. The number of hydrogen-bond donors (Lipinski definition) is 1. The van der Waals surface area contributed by atoms with Gasteiger partial charge in [0.25, 0.3) is 0 Å². The van der Waals surface area contributed by atoms with Gasteiger partial charge >= 0.3 is 0 Å². The normalized spacial score (nSPS) is 10.9. The van der Waals surface area contributed by atoms with Crippen molar-refractivity contribution in [2.24, 2.45) is 12.8 Å². The zero-order valence-electron chi connectivity index (χ0n) is 10.3. The molecule has 3 nitrogen and oxygen atoms in total. The van der Waals surface area contributed by atoms with Gasteiger partial charge in [0.1, 0.15) is 5.82 Å². The smallest absolute Gasteiger partial charge is 0.123 e. The molecule has 0 aliphatic carbocycles. The predicted molar refractivity (Wildman–Crippen MR) is 66.0 cm³/mol. The summed E-state index contributed by atoms with van der Waals surface area (Å²) in [4.78, 5) is 0. The highest BCUT2D eigenvalue weighted by molar-refractivity contribution is 5.71. The molecule has 4 heteroatoms. The lowest BCUT2D eigenvalue weighted by Gasteiger charge is -2.08. The molecule has 17 heavy (non-hydrogen) atoms. The molecule has 1 aromatic carbocycles. The fourth-order valence-corrected chi connectivity index (χ4v) is 2.14. The van der Waals surface area contributed by atoms with Crippen LogP contribution in [0.1, 0.15) is 17.0 Å². The van der Waals surface area contributed by atoms with E-state index in [2.05, 4.69) is 5.10 Å². The summed E-state index contributed by atoms with van der Waals surface area (Å²) in [6.45, 7) is 4.27. The standard InChI is InChI=1S/C13H16FN3/c1-8-13(9(2)17(3)16-8)12-5-4-11(14)6-10(12)7-15/h4-6H,7,15H2,1-3H3. The highest BCUT2D eigenvalue weighted by atomic mass is 19.1. The lowest BCUT2D eigenvalue weighted by atomic mass is 9.98. The van der Waals surface area contributed by atoms with Crippen molar-refractivity contribution in [2.75, 3.05) is 0 Å². The van der Waals surface area contributed by atoms with Crippen molar-refractivity contribution in [1.29, 1.82) is 0 Å². The molecule has 1 heterocycles. The molecule has 0 fully saturated rings. The zero-order chi connectivity index (χ0) is 12.6. The molecule has 1 aromatic heterocycles. The third-order valence-corrected chi connectivity index (χ3v) is 3.07. The molecule has 0 amide bonds. The number of aryl methyl sites for hydroxylation is 2. The van der Waals surface area contributed by atoms with Gasteiger partial charge < -0.3 is 5.73 Å². The highest BCUT2D eigenvalue weighted by Crippen LogP contribution is 2.29. The van der Waals surface area contributed by atoms with E-state index >= 15 is 0 Å². The Bertz CT molecular complexity index is 558. The topological polar surface area (TPSA) is 43.8 Å². The van der Waals surface area contributed by atoms with Crippen molar-refractivity contribution >= 4 is 0 Å². The van der Waals surface area contributed by atoms with E-state index in [1.807, 2.05) is 25.6 Å². The quantitative estimate of drug-likeness (QED) is 0.865. The molecule has 0 saturated carbocycles. The summed E-state index contributed by atoms with van der Waals surface area (Å²) in [5.74, 6) is -0.256. The number of nitrogens with zero attached hydrogens (tertiary/aromatic N) is 2.